The highest BCUT2D eigenvalue weighted by atomic mass is 19.1. The number of benzene rings is 1. The third kappa shape index (κ3) is 4.79. The van der Waals surface area contributed by atoms with E-state index >= 15 is 0 Å². The Kier molecular flexibility index (Phi) is 7.91. The van der Waals surface area contributed by atoms with Crippen molar-refractivity contribution in [3.05, 3.63) is 35.6 Å². The molecular weight excluding hydrogens is 263 g/mol. The molecule has 0 spiro atoms. The summed E-state index contributed by atoms with van der Waals surface area (Å²) < 4.78 is 14.0. The fourth-order valence-electron chi connectivity index (χ4n) is 3.18. The van der Waals surface area contributed by atoms with Crippen LogP contribution in [-0.4, -0.2) is 30.6 Å². The molecule has 0 saturated carbocycles. The highest BCUT2D eigenvalue weighted by molar-refractivity contribution is 5.20. The molecule has 1 aromatic carbocycles. The molecule has 1 aromatic rings. The average Bonchev–Trinajstić information content (AvgIpc) is 2.48. The van der Waals surface area contributed by atoms with Gasteiger partial charge in [0.2, 0.25) is 0 Å². The fourth-order valence-corrected chi connectivity index (χ4v) is 3.18. The van der Waals surface area contributed by atoms with E-state index in [1.807, 2.05) is 12.1 Å². The number of nitrogens with zero attached hydrogens (tertiary/aromatic N) is 1. The zero-order chi connectivity index (χ0) is 15.8. The van der Waals surface area contributed by atoms with Gasteiger partial charge < -0.3 is 5.32 Å². The molecule has 3 atom stereocenters. The fraction of sp³-hybridized carbons (Fsp3) is 0.667. The molecule has 0 aromatic heterocycles. The summed E-state index contributed by atoms with van der Waals surface area (Å²) in [5.41, 5.74) is 0.783. The standard InChI is InChI=1S/C18H31FN2/c1-6-11-17(20-8-3)18(7-2)21(5)14(4)15-12-9-10-13-16(15)19/h9-10,12-14,17-18,20H,6-8,11H2,1-5H3. The summed E-state index contributed by atoms with van der Waals surface area (Å²) in [4.78, 5) is 2.32. The molecule has 0 amide bonds. The Morgan fingerprint density at radius 1 is 1.19 bits per heavy atom. The minimum Gasteiger partial charge on any atom is -0.313 e. The normalized spacial score (nSPS) is 16.0. The largest absolute Gasteiger partial charge is 0.313 e. The van der Waals surface area contributed by atoms with E-state index in [2.05, 4.69) is 45.0 Å². The summed E-state index contributed by atoms with van der Waals surface area (Å²) in [5, 5.41) is 3.60. The number of hydrogen-bond acceptors (Lipinski definition) is 2. The first-order chi connectivity index (χ1) is 10.1. The molecule has 0 fully saturated rings. The van der Waals surface area contributed by atoms with E-state index in [1.165, 1.54) is 0 Å². The Balaban J connectivity index is 2.90. The van der Waals surface area contributed by atoms with Gasteiger partial charge in [0.25, 0.3) is 0 Å². The third-order valence-corrected chi connectivity index (χ3v) is 4.44. The minimum absolute atomic E-state index is 0.0779. The second-order valence-corrected chi connectivity index (χ2v) is 5.79. The van der Waals surface area contributed by atoms with Crippen LogP contribution in [0.4, 0.5) is 4.39 Å². The van der Waals surface area contributed by atoms with Gasteiger partial charge in [-0.05, 0) is 39.4 Å². The average molecular weight is 294 g/mol. The second kappa shape index (κ2) is 9.16. The molecule has 1 rings (SSSR count). The Morgan fingerprint density at radius 2 is 1.86 bits per heavy atom. The quantitative estimate of drug-likeness (QED) is 0.727. The summed E-state index contributed by atoms with van der Waals surface area (Å²) in [7, 11) is 2.12. The van der Waals surface area contributed by atoms with Crippen molar-refractivity contribution in [2.45, 2.75) is 65.1 Å². The lowest BCUT2D eigenvalue weighted by molar-refractivity contribution is 0.135. The predicted molar refractivity (Wildman–Crippen MR) is 89.0 cm³/mol. The summed E-state index contributed by atoms with van der Waals surface area (Å²) in [6, 6.07) is 8.07. The maximum atomic E-state index is 14.0. The molecule has 0 radical (unpaired) electrons. The highest BCUT2D eigenvalue weighted by Crippen LogP contribution is 2.26. The van der Waals surface area contributed by atoms with Crippen LogP contribution in [0.5, 0.6) is 0 Å². The van der Waals surface area contributed by atoms with Crippen molar-refractivity contribution in [3.63, 3.8) is 0 Å². The van der Waals surface area contributed by atoms with Gasteiger partial charge in [-0.3, -0.25) is 4.90 Å². The van der Waals surface area contributed by atoms with Gasteiger partial charge in [-0.25, -0.2) is 4.39 Å². The van der Waals surface area contributed by atoms with E-state index in [4.69, 9.17) is 0 Å². The smallest absolute Gasteiger partial charge is 0.127 e. The molecule has 0 aliphatic carbocycles. The Morgan fingerprint density at radius 3 is 2.38 bits per heavy atom. The summed E-state index contributed by atoms with van der Waals surface area (Å²) in [6.45, 7) is 9.65. The maximum Gasteiger partial charge on any atom is 0.127 e. The van der Waals surface area contributed by atoms with E-state index in [0.29, 0.717) is 12.1 Å². The van der Waals surface area contributed by atoms with Crippen LogP contribution in [0.25, 0.3) is 0 Å². The van der Waals surface area contributed by atoms with Crippen LogP contribution < -0.4 is 5.32 Å². The lowest BCUT2D eigenvalue weighted by Crippen LogP contribution is -2.49. The van der Waals surface area contributed by atoms with Gasteiger partial charge in [0, 0.05) is 23.7 Å². The first kappa shape index (κ1) is 18.1. The van der Waals surface area contributed by atoms with E-state index in [1.54, 1.807) is 12.1 Å². The molecule has 0 bridgehead atoms. The molecule has 2 nitrogen and oxygen atoms in total. The zero-order valence-corrected chi connectivity index (χ0v) is 14.2. The minimum atomic E-state index is -0.109. The van der Waals surface area contributed by atoms with Crippen LogP contribution in [0.1, 0.15) is 58.6 Å². The van der Waals surface area contributed by atoms with Gasteiger partial charge in [0.1, 0.15) is 5.82 Å². The zero-order valence-electron chi connectivity index (χ0n) is 14.2. The van der Waals surface area contributed by atoms with Crippen molar-refractivity contribution in [2.24, 2.45) is 0 Å². The Labute approximate surface area is 129 Å². The predicted octanol–water partition coefficient (Wildman–Crippen LogP) is 4.38. The molecule has 0 aliphatic heterocycles. The Hall–Kier alpha value is -0.930. The maximum absolute atomic E-state index is 14.0. The number of nitrogens with one attached hydrogen (secondary N) is 1. The molecule has 3 unspecified atom stereocenters. The van der Waals surface area contributed by atoms with Crippen molar-refractivity contribution in [1.82, 2.24) is 10.2 Å². The van der Waals surface area contributed by atoms with Gasteiger partial charge in [-0.2, -0.15) is 0 Å². The van der Waals surface area contributed by atoms with Crippen LogP contribution in [0.2, 0.25) is 0 Å². The van der Waals surface area contributed by atoms with Crippen LogP contribution in [0.3, 0.4) is 0 Å². The van der Waals surface area contributed by atoms with Crippen molar-refractivity contribution >= 4 is 0 Å². The molecular formula is C18H31FN2. The SMILES string of the molecule is CCCC(NCC)C(CC)N(C)C(C)c1ccccc1F. The second-order valence-electron chi connectivity index (χ2n) is 5.79. The van der Waals surface area contributed by atoms with Crippen molar-refractivity contribution in [1.29, 1.82) is 0 Å². The van der Waals surface area contributed by atoms with Crippen molar-refractivity contribution < 1.29 is 4.39 Å². The van der Waals surface area contributed by atoms with Gasteiger partial charge in [0.05, 0.1) is 0 Å². The Bertz CT molecular complexity index is 402. The monoisotopic (exact) mass is 294 g/mol. The van der Waals surface area contributed by atoms with Crippen LogP contribution >= 0.6 is 0 Å². The first-order valence-electron chi connectivity index (χ1n) is 8.26. The van der Waals surface area contributed by atoms with Crippen LogP contribution in [-0.2, 0) is 0 Å². The highest BCUT2D eigenvalue weighted by Gasteiger charge is 2.27. The molecule has 21 heavy (non-hydrogen) atoms. The van der Waals surface area contributed by atoms with Crippen LogP contribution in [0.15, 0.2) is 24.3 Å². The van der Waals surface area contributed by atoms with E-state index in [0.717, 1.165) is 31.4 Å². The van der Waals surface area contributed by atoms with E-state index < -0.39 is 0 Å². The lowest BCUT2D eigenvalue weighted by atomic mass is 9.96. The number of halogens is 1. The molecule has 0 aliphatic rings. The third-order valence-electron chi connectivity index (χ3n) is 4.44. The summed E-state index contributed by atoms with van der Waals surface area (Å²) in [5.74, 6) is -0.109. The molecule has 120 valence electrons. The number of likely N-dealkylation sites (N-methyl/N-ethyl adjacent to an activating group) is 2. The molecule has 1 N–H and O–H groups in total. The molecule has 3 heteroatoms. The number of hydrogen-bond donors (Lipinski definition) is 1. The lowest BCUT2D eigenvalue weighted by Gasteiger charge is -2.38. The van der Waals surface area contributed by atoms with Gasteiger partial charge in [-0.15, -0.1) is 0 Å². The first-order valence-corrected chi connectivity index (χ1v) is 8.26. The van der Waals surface area contributed by atoms with Gasteiger partial charge in [0.15, 0.2) is 0 Å². The van der Waals surface area contributed by atoms with Crippen molar-refractivity contribution in [2.75, 3.05) is 13.6 Å². The van der Waals surface area contributed by atoms with Gasteiger partial charge in [-0.1, -0.05) is 45.4 Å². The summed E-state index contributed by atoms with van der Waals surface area (Å²) >= 11 is 0. The molecule has 0 heterocycles. The molecule has 0 saturated heterocycles. The number of rotatable bonds is 9. The summed E-state index contributed by atoms with van der Waals surface area (Å²) in [6.07, 6.45) is 3.38. The van der Waals surface area contributed by atoms with Gasteiger partial charge >= 0.3 is 0 Å². The van der Waals surface area contributed by atoms with E-state index in [-0.39, 0.29) is 11.9 Å². The van der Waals surface area contributed by atoms with E-state index in [9.17, 15) is 4.39 Å². The van der Waals surface area contributed by atoms with Crippen molar-refractivity contribution in [3.8, 4) is 0 Å². The topological polar surface area (TPSA) is 15.3 Å². The van der Waals surface area contributed by atoms with Crippen LogP contribution in [0, 0.1) is 5.82 Å².